The Morgan fingerprint density at radius 2 is 0.568 bits per heavy atom. The van der Waals surface area contributed by atoms with Crippen molar-refractivity contribution in [3.05, 3.63) is 0 Å². The van der Waals surface area contributed by atoms with Crippen molar-refractivity contribution in [1.29, 1.82) is 0 Å². The number of carbonyl (C=O) groups excluding carboxylic acids is 8. The third-order valence-corrected chi connectivity index (χ3v) is 10.8. The van der Waals surface area contributed by atoms with E-state index in [1.165, 1.54) is 32.1 Å². The molecule has 0 aromatic rings. The van der Waals surface area contributed by atoms with Gasteiger partial charge in [-0.25, -0.2) is 19.2 Å². The SMILES string of the molecule is CC(C)(C)OC(=O)CCCCCCCCCCCCCCCCC(=O)NC(CCC(=O)NC(CCC(=O)NC(CCC(=O)NC(CCC(=O)O)C(=O)O)C(=O)OC(C)(C)C)C(=O)OC(C)(C)C)C(=O)OC(C)(C)C. The highest BCUT2D eigenvalue weighted by Gasteiger charge is 2.32. The zero-order valence-corrected chi connectivity index (χ0v) is 46.9. The highest BCUT2D eigenvalue weighted by atomic mass is 16.6. The van der Waals surface area contributed by atoms with Gasteiger partial charge in [-0.2, -0.15) is 0 Å². The lowest BCUT2D eigenvalue weighted by molar-refractivity contribution is -0.160. The summed E-state index contributed by atoms with van der Waals surface area (Å²) in [6, 6.07) is -5.43. The second-order valence-electron chi connectivity index (χ2n) is 23.0. The maximum absolute atomic E-state index is 13.4. The number of aliphatic carboxylic acids is 2. The van der Waals surface area contributed by atoms with Crippen LogP contribution in [0.1, 0.15) is 237 Å². The zero-order valence-electron chi connectivity index (χ0n) is 46.9. The quantitative estimate of drug-likeness (QED) is 0.0196. The first-order valence-electron chi connectivity index (χ1n) is 26.7. The van der Waals surface area contributed by atoms with Crippen molar-refractivity contribution in [1.82, 2.24) is 21.3 Å². The first-order valence-corrected chi connectivity index (χ1v) is 26.7. The summed E-state index contributed by atoms with van der Waals surface area (Å²) in [5, 5.41) is 28.4. The van der Waals surface area contributed by atoms with E-state index in [0.717, 1.165) is 51.4 Å². The lowest BCUT2D eigenvalue weighted by Gasteiger charge is -2.26. The number of unbranched alkanes of at least 4 members (excludes halogenated alkanes) is 13. The number of amides is 4. The number of nitrogens with one attached hydrogen (secondary N) is 4. The molecule has 0 aromatic carbocycles. The Balaban J connectivity index is 5.31. The molecule has 6 N–H and O–H groups in total. The molecule has 20 nitrogen and oxygen atoms in total. The van der Waals surface area contributed by atoms with E-state index in [9.17, 15) is 53.1 Å². The van der Waals surface area contributed by atoms with Gasteiger partial charge >= 0.3 is 35.8 Å². The van der Waals surface area contributed by atoms with E-state index in [2.05, 4.69) is 21.3 Å². The van der Waals surface area contributed by atoms with Crippen molar-refractivity contribution in [2.75, 3.05) is 0 Å². The zero-order chi connectivity index (χ0) is 56.7. The first-order chi connectivity index (χ1) is 34.2. The van der Waals surface area contributed by atoms with Gasteiger partial charge in [-0.1, -0.05) is 77.0 Å². The third-order valence-electron chi connectivity index (χ3n) is 10.8. The molecule has 0 saturated carbocycles. The smallest absolute Gasteiger partial charge is 0.329 e. The highest BCUT2D eigenvalue weighted by Crippen LogP contribution is 2.18. The number of hydrogen-bond donors (Lipinski definition) is 6. The molecular weight excluding hydrogens is 961 g/mol. The number of rotatable bonds is 37. The summed E-state index contributed by atoms with van der Waals surface area (Å²) >= 11 is 0. The van der Waals surface area contributed by atoms with Crippen LogP contribution in [0.3, 0.4) is 0 Å². The molecule has 0 fully saturated rings. The van der Waals surface area contributed by atoms with Crippen molar-refractivity contribution < 1.29 is 77.1 Å². The van der Waals surface area contributed by atoms with Crippen LogP contribution in [0, 0.1) is 0 Å². The van der Waals surface area contributed by atoms with Crippen molar-refractivity contribution in [2.24, 2.45) is 0 Å². The van der Waals surface area contributed by atoms with Crippen molar-refractivity contribution in [3.63, 3.8) is 0 Å². The van der Waals surface area contributed by atoms with E-state index in [1.807, 2.05) is 20.8 Å². The van der Waals surface area contributed by atoms with Crippen LogP contribution in [0.15, 0.2) is 0 Å². The van der Waals surface area contributed by atoms with Crippen LogP contribution in [0.2, 0.25) is 0 Å². The Bertz CT molecular complexity index is 1790. The van der Waals surface area contributed by atoms with Crippen LogP contribution in [-0.4, -0.2) is 116 Å². The van der Waals surface area contributed by atoms with Crippen molar-refractivity contribution >= 4 is 59.4 Å². The van der Waals surface area contributed by atoms with Gasteiger partial charge in [0.2, 0.25) is 23.6 Å². The summed E-state index contributed by atoms with van der Waals surface area (Å²) in [6.07, 6.45) is 12.6. The number of carboxylic acid groups (broad SMARTS) is 2. The molecule has 0 saturated heterocycles. The summed E-state index contributed by atoms with van der Waals surface area (Å²) in [7, 11) is 0. The number of carbonyl (C=O) groups is 10. The lowest BCUT2D eigenvalue weighted by atomic mass is 10.0. The summed E-state index contributed by atoms with van der Waals surface area (Å²) in [5.41, 5.74) is -3.31. The molecule has 0 rings (SSSR count). The lowest BCUT2D eigenvalue weighted by Crippen LogP contribution is -2.48. The Morgan fingerprint density at radius 3 is 0.838 bits per heavy atom. The minimum Gasteiger partial charge on any atom is -0.481 e. The predicted octanol–water partition coefficient (Wildman–Crippen LogP) is 7.82. The van der Waals surface area contributed by atoms with Gasteiger partial charge in [-0.15, -0.1) is 0 Å². The van der Waals surface area contributed by atoms with Gasteiger partial charge in [0.1, 0.15) is 46.6 Å². The van der Waals surface area contributed by atoms with Gasteiger partial charge in [0.15, 0.2) is 0 Å². The number of ether oxygens (including phenoxy) is 4. The average Bonchev–Trinajstić information content (AvgIpc) is 3.23. The van der Waals surface area contributed by atoms with Gasteiger partial charge in [0, 0.05) is 38.5 Å². The molecule has 20 heteroatoms. The topological polar surface area (TPSA) is 296 Å². The summed E-state index contributed by atoms with van der Waals surface area (Å²) in [6.45, 7) is 20.3. The fourth-order valence-corrected chi connectivity index (χ4v) is 7.35. The minimum absolute atomic E-state index is 0.127. The standard InChI is InChI=1S/C54H94N4O16/c1-51(2,3)71-46(65)28-26-24-22-20-18-16-14-13-15-17-19-21-23-25-27-41(59)56-38(48(68)72-52(4,5)6)30-34-43(61)58-40(50(70)74-54(10,11)12)31-35-44(62)57-39(49(69)73-53(7,8)9)29-33-42(60)55-37(47(66)67)32-36-45(63)64/h37-40H,13-36H2,1-12H3,(H,55,60)(H,56,59)(H,57,62)(H,58,61)(H,63,64)(H,66,67). The van der Waals surface area contributed by atoms with E-state index in [4.69, 9.17) is 24.1 Å². The van der Waals surface area contributed by atoms with Crippen LogP contribution in [0.25, 0.3) is 0 Å². The van der Waals surface area contributed by atoms with Gasteiger partial charge < -0.3 is 50.4 Å². The normalized spacial score (nSPS) is 13.5. The highest BCUT2D eigenvalue weighted by molar-refractivity contribution is 5.89. The van der Waals surface area contributed by atoms with Crippen LogP contribution in [-0.2, 0) is 66.9 Å². The molecule has 74 heavy (non-hydrogen) atoms. The number of esters is 4. The summed E-state index contributed by atoms with van der Waals surface area (Å²) < 4.78 is 21.9. The molecular formula is C54H94N4O16. The molecule has 0 aliphatic carbocycles. The monoisotopic (exact) mass is 1050 g/mol. The fraction of sp³-hybridized carbons (Fsp3) is 0.815. The number of carboxylic acids is 2. The van der Waals surface area contributed by atoms with Crippen molar-refractivity contribution in [2.45, 2.75) is 284 Å². The third kappa shape index (κ3) is 39.2. The Morgan fingerprint density at radius 1 is 0.324 bits per heavy atom. The first kappa shape index (κ1) is 68.7. The molecule has 0 aromatic heterocycles. The molecule has 426 valence electrons. The van der Waals surface area contributed by atoms with E-state index < -0.39 is 113 Å². The van der Waals surface area contributed by atoms with E-state index in [-0.39, 0.29) is 50.4 Å². The van der Waals surface area contributed by atoms with Gasteiger partial charge in [-0.05, 0) is 122 Å². The molecule has 4 amide bonds. The number of hydrogen-bond acceptors (Lipinski definition) is 14. The predicted molar refractivity (Wildman–Crippen MR) is 277 cm³/mol. The molecule has 4 unspecified atom stereocenters. The van der Waals surface area contributed by atoms with Crippen LogP contribution in [0.5, 0.6) is 0 Å². The van der Waals surface area contributed by atoms with Gasteiger partial charge in [0.25, 0.3) is 0 Å². The van der Waals surface area contributed by atoms with Crippen LogP contribution >= 0.6 is 0 Å². The molecule has 0 aliphatic heterocycles. The van der Waals surface area contributed by atoms with E-state index in [1.54, 1.807) is 62.3 Å². The Kier molecular flexibility index (Phi) is 32.5. The average molecular weight is 1060 g/mol. The van der Waals surface area contributed by atoms with E-state index in [0.29, 0.717) is 12.8 Å². The van der Waals surface area contributed by atoms with Crippen molar-refractivity contribution in [3.8, 4) is 0 Å². The van der Waals surface area contributed by atoms with E-state index >= 15 is 0 Å². The molecule has 0 heterocycles. The second-order valence-corrected chi connectivity index (χ2v) is 23.0. The summed E-state index contributed by atoms with van der Waals surface area (Å²) in [5.74, 6) is -7.96. The second kappa shape index (κ2) is 35.0. The maximum atomic E-state index is 13.4. The van der Waals surface area contributed by atoms with Gasteiger partial charge in [-0.3, -0.25) is 28.8 Å². The van der Waals surface area contributed by atoms with Crippen LogP contribution in [0.4, 0.5) is 0 Å². The molecule has 0 aliphatic rings. The fourth-order valence-electron chi connectivity index (χ4n) is 7.35. The minimum atomic E-state index is -1.50. The Hall–Kier alpha value is -5.30. The van der Waals surface area contributed by atoms with Crippen LogP contribution < -0.4 is 21.3 Å². The maximum Gasteiger partial charge on any atom is 0.329 e. The molecule has 0 bridgehead atoms. The molecule has 0 spiro atoms. The Labute approximate surface area is 440 Å². The largest absolute Gasteiger partial charge is 0.481 e. The molecule has 0 radical (unpaired) electrons. The summed E-state index contributed by atoms with van der Waals surface area (Å²) in [4.78, 5) is 127. The van der Waals surface area contributed by atoms with Gasteiger partial charge in [0.05, 0.1) is 0 Å². The molecule has 4 atom stereocenters.